The predicted molar refractivity (Wildman–Crippen MR) is 108 cm³/mol. The number of pyridine rings is 1. The van der Waals surface area contributed by atoms with Crippen molar-refractivity contribution < 1.29 is 0 Å². The molecular formula is C20H31N7. The fourth-order valence-electron chi connectivity index (χ4n) is 4.42. The number of aromatic nitrogens is 3. The topological polar surface area (TPSA) is 69.8 Å². The Bertz CT molecular complexity index is 755. The largest absolute Gasteiger partial charge is 0.356 e. The molecule has 2 fully saturated rings. The first-order chi connectivity index (χ1) is 13.3. The van der Waals surface area contributed by atoms with Gasteiger partial charge in [0.1, 0.15) is 5.82 Å². The molecule has 2 aromatic rings. The smallest absolute Gasteiger partial charge is 0.191 e. The van der Waals surface area contributed by atoms with E-state index in [1.54, 1.807) is 0 Å². The monoisotopic (exact) mass is 369 g/mol. The Kier molecular flexibility index (Phi) is 5.87. The van der Waals surface area contributed by atoms with E-state index >= 15 is 0 Å². The van der Waals surface area contributed by atoms with Gasteiger partial charge in [0, 0.05) is 51.4 Å². The highest BCUT2D eigenvalue weighted by molar-refractivity contribution is 5.79. The summed E-state index contributed by atoms with van der Waals surface area (Å²) in [6.07, 6.45) is 10.9. The number of nitrogens with one attached hydrogen (secondary N) is 2. The Morgan fingerprint density at radius 1 is 1.15 bits per heavy atom. The summed E-state index contributed by atoms with van der Waals surface area (Å²) < 4.78 is 2.04. The Balaban J connectivity index is 1.22. The molecular weight excluding hydrogens is 338 g/mol. The summed E-state index contributed by atoms with van der Waals surface area (Å²) in [6, 6.07) is 7.33. The number of aliphatic imine (C=N–C) groups is 1. The van der Waals surface area contributed by atoms with E-state index < -0.39 is 0 Å². The lowest BCUT2D eigenvalue weighted by Crippen LogP contribution is -2.50. The fraction of sp³-hybridized carbons (Fsp3) is 0.650. The van der Waals surface area contributed by atoms with Crippen molar-refractivity contribution in [1.29, 1.82) is 0 Å². The zero-order chi connectivity index (χ0) is 18.5. The summed E-state index contributed by atoms with van der Waals surface area (Å²) in [5, 5.41) is 15.5. The second-order valence-corrected chi connectivity index (χ2v) is 7.69. The molecule has 2 aromatic heterocycles. The van der Waals surface area contributed by atoms with Gasteiger partial charge in [0.05, 0.1) is 0 Å². The first-order valence-corrected chi connectivity index (χ1v) is 10.3. The van der Waals surface area contributed by atoms with Gasteiger partial charge in [0.15, 0.2) is 11.6 Å². The zero-order valence-corrected chi connectivity index (χ0v) is 16.3. The summed E-state index contributed by atoms with van der Waals surface area (Å²) in [7, 11) is 1.84. The molecule has 0 unspecified atom stereocenters. The van der Waals surface area contributed by atoms with E-state index in [2.05, 4.69) is 30.7 Å². The Morgan fingerprint density at radius 3 is 2.74 bits per heavy atom. The molecule has 0 radical (unpaired) electrons. The highest BCUT2D eigenvalue weighted by Gasteiger charge is 2.27. The van der Waals surface area contributed by atoms with E-state index in [9.17, 15) is 0 Å². The van der Waals surface area contributed by atoms with Gasteiger partial charge in [-0.05, 0) is 37.8 Å². The summed E-state index contributed by atoms with van der Waals surface area (Å²) >= 11 is 0. The molecule has 3 heterocycles. The van der Waals surface area contributed by atoms with Gasteiger partial charge in [0.25, 0.3) is 0 Å². The first kappa shape index (κ1) is 18.2. The van der Waals surface area contributed by atoms with Crippen LogP contribution in [0.4, 0.5) is 0 Å². The first-order valence-electron chi connectivity index (χ1n) is 10.3. The van der Waals surface area contributed by atoms with Crippen LogP contribution >= 0.6 is 0 Å². The van der Waals surface area contributed by atoms with Crippen LogP contribution in [-0.4, -0.2) is 64.2 Å². The average molecular weight is 370 g/mol. The molecule has 27 heavy (non-hydrogen) atoms. The maximum Gasteiger partial charge on any atom is 0.191 e. The van der Waals surface area contributed by atoms with Crippen LogP contribution in [0.5, 0.6) is 0 Å². The van der Waals surface area contributed by atoms with Crippen LogP contribution in [-0.2, 0) is 6.42 Å². The van der Waals surface area contributed by atoms with Crippen LogP contribution in [0.15, 0.2) is 29.4 Å². The molecule has 0 spiro atoms. The predicted octanol–water partition coefficient (Wildman–Crippen LogP) is 1.84. The molecule has 2 N–H and O–H groups in total. The quantitative estimate of drug-likeness (QED) is 0.622. The van der Waals surface area contributed by atoms with E-state index in [1.807, 2.05) is 35.8 Å². The Morgan fingerprint density at radius 2 is 1.96 bits per heavy atom. The summed E-state index contributed by atoms with van der Waals surface area (Å²) in [5.41, 5.74) is 0.893. The molecule has 2 aliphatic rings. The number of rotatable bonds is 5. The van der Waals surface area contributed by atoms with Crippen LogP contribution < -0.4 is 10.6 Å². The van der Waals surface area contributed by atoms with Crippen molar-refractivity contribution in [2.45, 2.75) is 57.0 Å². The number of piperidine rings is 1. The molecule has 1 aliphatic carbocycles. The van der Waals surface area contributed by atoms with Gasteiger partial charge in [-0.15, -0.1) is 10.2 Å². The molecule has 7 heteroatoms. The van der Waals surface area contributed by atoms with Crippen molar-refractivity contribution in [3.63, 3.8) is 0 Å². The van der Waals surface area contributed by atoms with Crippen molar-refractivity contribution in [2.24, 2.45) is 4.99 Å². The van der Waals surface area contributed by atoms with Gasteiger partial charge >= 0.3 is 0 Å². The molecule has 1 saturated carbocycles. The van der Waals surface area contributed by atoms with Gasteiger partial charge in [0.2, 0.25) is 0 Å². The summed E-state index contributed by atoms with van der Waals surface area (Å²) in [6.45, 7) is 3.21. The molecule has 0 amide bonds. The summed E-state index contributed by atoms with van der Waals surface area (Å²) in [5.74, 6) is 1.86. The van der Waals surface area contributed by atoms with E-state index in [0.29, 0.717) is 6.04 Å². The van der Waals surface area contributed by atoms with Crippen molar-refractivity contribution in [2.75, 3.05) is 26.7 Å². The second-order valence-electron chi connectivity index (χ2n) is 7.69. The number of guanidine groups is 1. The van der Waals surface area contributed by atoms with E-state index in [1.165, 1.54) is 51.6 Å². The van der Waals surface area contributed by atoms with Crippen molar-refractivity contribution >= 4 is 11.6 Å². The average Bonchev–Trinajstić information content (AvgIpc) is 3.38. The van der Waals surface area contributed by atoms with Crippen LogP contribution in [0.2, 0.25) is 0 Å². The molecule has 0 aromatic carbocycles. The summed E-state index contributed by atoms with van der Waals surface area (Å²) in [4.78, 5) is 7.10. The maximum absolute atomic E-state index is 4.40. The number of hydrogen-bond acceptors (Lipinski definition) is 4. The molecule has 0 bridgehead atoms. The highest BCUT2D eigenvalue weighted by Crippen LogP contribution is 2.26. The van der Waals surface area contributed by atoms with Gasteiger partial charge in [-0.25, -0.2) is 0 Å². The third kappa shape index (κ3) is 4.40. The molecule has 4 rings (SSSR count). The zero-order valence-electron chi connectivity index (χ0n) is 16.3. The van der Waals surface area contributed by atoms with Gasteiger partial charge in [-0.2, -0.15) is 0 Å². The molecule has 1 saturated heterocycles. The Hall–Kier alpha value is -2.15. The normalized spacial score (nSPS) is 20.4. The lowest BCUT2D eigenvalue weighted by atomic mass is 10.0. The van der Waals surface area contributed by atoms with E-state index in [0.717, 1.165) is 36.4 Å². The van der Waals surface area contributed by atoms with Gasteiger partial charge in [-0.1, -0.05) is 18.9 Å². The van der Waals surface area contributed by atoms with Crippen LogP contribution in [0, 0.1) is 0 Å². The van der Waals surface area contributed by atoms with Crippen LogP contribution in [0.3, 0.4) is 0 Å². The number of fused-ring (bicyclic) bond motifs is 1. The minimum atomic E-state index is 0.516. The van der Waals surface area contributed by atoms with Crippen molar-refractivity contribution in [3.8, 4) is 0 Å². The van der Waals surface area contributed by atoms with E-state index in [-0.39, 0.29) is 0 Å². The van der Waals surface area contributed by atoms with Crippen molar-refractivity contribution in [3.05, 3.63) is 30.2 Å². The molecule has 7 nitrogen and oxygen atoms in total. The third-order valence-electron chi connectivity index (χ3n) is 5.96. The number of nitrogens with zero attached hydrogens (tertiary/aromatic N) is 5. The van der Waals surface area contributed by atoms with E-state index in [4.69, 9.17) is 0 Å². The Labute approximate surface area is 161 Å². The highest BCUT2D eigenvalue weighted by atomic mass is 15.3. The molecule has 146 valence electrons. The second kappa shape index (κ2) is 8.69. The minimum Gasteiger partial charge on any atom is -0.356 e. The minimum absolute atomic E-state index is 0.516. The van der Waals surface area contributed by atoms with Gasteiger partial charge < -0.3 is 15.5 Å². The van der Waals surface area contributed by atoms with Crippen LogP contribution in [0.1, 0.15) is 44.3 Å². The maximum atomic E-state index is 4.40. The van der Waals surface area contributed by atoms with Crippen LogP contribution in [0.25, 0.3) is 5.65 Å². The number of hydrogen-bond donors (Lipinski definition) is 2. The standard InChI is InChI=1S/C20H31N7/c1-21-20(22-12-9-19-25-24-18-8-4-5-13-27(18)19)23-16-10-14-26(15-11-16)17-6-2-3-7-17/h4-5,8,13,16-17H,2-3,6-7,9-12,14-15H2,1H3,(H2,21,22,23). The van der Waals surface area contributed by atoms with Crippen molar-refractivity contribution in [1.82, 2.24) is 30.1 Å². The van der Waals surface area contributed by atoms with Gasteiger partial charge in [-0.3, -0.25) is 9.39 Å². The molecule has 0 atom stereocenters. The fourth-order valence-corrected chi connectivity index (χ4v) is 4.42. The molecule has 1 aliphatic heterocycles. The number of likely N-dealkylation sites (tertiary alicyclic amines) is 1. The third-order valence-corrected chi connectivity index (χ3v) is 5.96. The lowest BCUT2D eigenvalue weighted by molar-refractivity contribution is 0.150. The lowest BCUT2D eigenvalue weighted by Gasteiger charge is -2.36. The SMILES string of the molecule is CN=C(NCCc1nnc2ccccn12)NC1CCN(C2CCCC2)CC1.